The number of hydrogen-bond acceptors (Lipinski definition) is 5. The van der Waals surface area contributed by atoms with Crippen molar-refractivity contribution in [3.63, 3.8) is 0 Å². The second-order valence-electron chi connectivity index (χ2n) is 9.36. The van der Waals surface area contributed by atoms with Gasteiger partial charge in [0.2, 0.25) is 0 Å². The Hall–Kier alpha value is -2.28. The van der Waals surface area contributed by atoms with Crippen molar-refractivity contribution in [2.75, 3.05) is 39.3 Å². The van der Waals surface area contributed by atoms with Gasteiger partial charge in [-0.05, 0) is 65.1 Å². The molecule has 0 unspecified atom stereocenters. The molecular formula is C23H35N3O4. The smallest absolute Gasteiger partial charge is 0.410 e. The number of amides is 2. The number of likely N-dealkylation sites (tertiary alicyclic amines) is 1. The Balaban J connectivity index is 1.70. The highest BCUT2D eigenvalue weighted by atomic mass is 16.6. The van der Waals surface area contributed by atoms with Crippen LogP contribution in [-0.2, 0) is 4.74 Å². The molecule has 2 heterocycles. The molecule has 30 heavy (non-hydrogen) atoms. The molecular weight excluding hydrogens is 382 g/mol. The number of benzene rings is 1. The third-order valence-corrected chi connectivity index (χ3v) is 5.79. The van der Waals surface area contributed by atoms with E-state index in [0.29, 0.717) is 37.6 Å². The van der Waals surface area contributed by atoms with Crippen molar-refractivity contribution in [2.45, 2.75) is 52.1 Å². The molecule has 1 spiro atoms. The van der Waals surface area contributed by atoms with Crippen LogP contribution in [-0.4, -0.2) is 61.8 Å². The van der Waals surface area contributed by atoms with Crippen LogP contribution in [0.2, 0.25) is 0 Å². The predicted octanol–water partition coefficient (Wildman–Crippen LogP) is 3.20. The SMILES string of the molecule is CC(C)(C)OC(=O)N1CCC2(CCCNCCNC(=O)c3ccccc3OC2)CC1. The van der Waals surface area contributed by atoms with E-state index in [2.05, 4.69) is 10.6 Å². The van der Waals surface area contributed by atoms with Crippen molar-refractivity contribution in [3.8, 4) is 5.75 Å². The molecule has 3 rings (SSSR count). The average Bonchev–Trinajstić information content (AvgIpc) is 2.71. The van der Waals surface area contributed by atoms with Crippen LogP contribution >= 0.6 is 0 Å². The van der Waals surface area contributed by atoms with E-state index in [0.717, 1.165) is 38.8 Å². The second kappa shape index (κ2) is 9.69. The zero-order valence-corrected chi connectivity index (χ0v) is 18.5. The van der Waals surface area contributed by atoms with Crippen molar-refractivity contribution in [1.29, 1.82) is 0 Å². The number of carbonyl (C=O) groups excluding carboxylic acids is 2. The van der Waals surface area contributed by atoms with E-state index in [-0.39, 0.29) is 17.4 Å². The van der Waals surface area contributed by atoms with Gasteiger partial charge in [0.25, 0.3) is 5.91 Å². The van der Waals surface area contributed by atoms with Crippen LogP contribution in [0.25, 0.3) is 0 Å². The number of nitrogens with zero attached hydrogens (tertiary/aromatic N) is 1. The second-order valence-corrected chi connectivity index (χ2v) is 9.36. The van der Waals surface area contributed by atoms with E-state index in [1.165, 1.54) is 0 Å². The molecule has 0 atom stereocenters. The van der Waals surface area contributed by atoms with Crippen LogP contribution in [0.4, 0.5) is 4.79 Å². The molecule has 0 radical (unpaired) electrons. The fourth-order valence-electron chi connectivity index (χ4n) is 4.04. The number of carbonyl (C=O) groups is 2. The molecule has 0 aliphatic carbocycles. The van der Waals surface area contributed by atoms with Crippen LogP contribution in [0.1, 0.15) is 56.8 Å². The summed E-state index contributed by atoms with van der Waals surface area (Å²) in [4.78, 5) is 26.8. The highest BCUT2D eigenvalue weighted by Crippen LogP contribution is 2.37. The molecule has 0 aromatic heterocycles. The number of fused-ring (bicyclic) bond motifs is 1. The van der Waals surface area contributed by atoms with E-state index < -0.39 is 5.60 Å². The molecule has 1 fully saturated rings. The average molecular weight is 418 g/mol. The quantitative estimate of drug-likeness (QED) is 0.678. The maximum Gasteiger partial charge on any atom is 0.410 e. The van der Waals surface area contributed by atoms with Gasteiger partial charge in [-0.1, -0.05) is 12.1 Å². The number of piperidine rings is 1. The predicted molar refractivity (Wildman–Crippen MR) is 116 cm³/mol. The first-order valence-electron chi connectivity index (χ1n) is 11.0. The summed E-state index contributed by atoms with van der Waals surface area (Å²) in [7, 11) is 0. The molecule has 1 aromatic rings. The van der Waals surface area contributed by atoms with E-state index in [1.807, 2.05) is 39.0 Å². The van der Waals surface area contributed by atoms with Gasteiger partial charge in [-0.25, -0.2) is 4.79 Å². The lowest BCUT2D eigenvalue weighted by atomic mass is 9.75. The standard InChI is InChI=1S/C23H35N3O4/c1-22(2,3)30-21(28)26-15-10-23(11-16-26)9-6-12-24-13-14-25-20(27)18-7-4-5-8-19(18)29-17-23/h4-5,7-8,24H,6,9-17H2,1-3H3,(H,25,27). The van der Waals surface area contributed by atoms with Gasteiger partial charge in [0.1, 0.15) is 11.4 Å². The molecule has 1 saturated heterocycles. The number of para-hydroxylation sites is 1. The zero-order valence-electron chi connectivity index (χ0n) is 18.5. The van der Waals surface area contributed by atoms with Gasteiger partial charge < -0.3 is 25.0 Å². The van der Waals surface area contributed by atoms with Crippen LogP contribution in [0.15, 0.2) is 24.3 Å². The molecule has 0 saturated carbocycles. The van der Waals surface area contributed by atoms with Crippen LogP contribution < -0.4 is 15.4 Å². The van der Waals surface area contributed by atoms with Crippen LogP contribution in [0, 0.1) is 5.41 Å². The molecule has 1 aromatic carbocycles. The Morgan fingerprint density at radius 2 is 1.83 bits per heavy atom. The van der Waals surface area contributed by atoms with Gasteiger partial charge >= 0.3 is 6.09 Å². The first-order chi connectivity index (χ1) is 14.3. The topological polar surface area (TPSA) is 79.9 Å². The highest BCUT2D eigenvalue weighted by molar-refractivity contribution is 5.96. The first kappa shape index (κ1) is 22.4. The van der Waals surface area contributed by atoms with Crippen molar-refractivity contribution >= 4 is 12.0 Å². The summed E-state index contributed by atoms with van der Waals surface area (Å²) in [5, 5.41) is 6.35. The number of hydrogen-bond donors (Lipinski definition) is 2. The summed E-state index contributed by atoms with van der Waals surface area (Å²) in [5.41, 5.74) is 0.0625. The lowest BCUT2D eigenvalue weighted by Gasteiger charge is -2.42. The van der Waals surface area contributed by atoms with Crippen molar-refractivity contribution in [1.82, 2.24) is 15.5 Å². The minimum atomic E-state index is -0.489. The van der Waals surface area contributed by atoms with Crippen molar-refractivity contribution < 1.29 is 19.1 Å². The summed E-state index contributed by atoms with van der Waals surface area (Å²) in [6.45, 7) is 9.76. The lowest BCUT2D eigenvalue weighted by Crippen LogP contribution is -2.47. The maximum absolute atomic E-state index is 12.5. The number of ether oxygens (including phenoxy) is 2. The Morgan fingerprint density at radius 3 is 2.57 bits per heavy atom. The normalized spacial score (nSPS) is 20.6. The van der Waals surface area contributed by atoms with Crippen molar-refractivity contribution in [2.24, 2.45) is 5.41 Å². The molecule has 2 N–H and O–H groups in total. The van der Waals surface area contributed by atoms with E-state index in [9.17, 15) is 9.59 Å². The third kappa shape index (κ3) is 6.11. The fraction of sp³-hybridized carbons (Fsp3) is 0.652. The monoisotopic (exact) mass is 417 g/mol. The Morgan fingerprint density at radius 1 is 1.10 bits per heavy atom. The molecule has 2 amide bonds. The van der Waals surface area contributed by atoms with Gasteiger partial charge in [0, 0.05) is 31.6 Å². The molecule has 166 valence electrons. The Labute approximate surface area is 179 Å². The molecule has 2 aliphatic rings. The molecule has 7 heteroatoms. The summed E-state index contributed by atoms with van der Waals surface area (Å²) in [6, 6.07) is 7.41. The van der Waals surface area contributed by atoms with E-state index >= 15 is 0 Å². The fourth-order valence-corrected chi connectivity index (χ4v) is 4.04. The van der Waals surface area contributed by atoms with Gasteiger partial charge in [0.05, 0.1) is 12.2 Å². The third-order valence-electron chi connectivity index (χ3n) is 5.79. The van der Waals surface area contributed by atoms with E-state index in [4.69, 9.17) is 9.47 Å². The van der Waals surface area contributed by atoms with Gasteiger partial charge in [-0.15, -0.1) is 0 Å². The maximum atomic E-state index is 12.5. The molecule has 7 nitrogen and oxygen atoms in total. The minimum absolute atomic E-state index is 0.0160. The first-order valence-corrected chi connectivity index (χ1v) is 11.0. The lowest BCUT2D eigenvalue weighted by molar-refractivity contribution is -0.0000574. The minimum Gasteiger partial charge on any atom is -0.492 e. The Kier molecular flexibility index (Phi) is 7.23. The number of nitrogens with one attached hydrogen (secondary N) is 2. The molecule has 2 aliphatic heterocycles. The van der Waals surface area contributed by atoms with Gasteiger partial charge in [0.15, 0.2) is 0 Å². The highest BCUT2D eigenvalue weighted by Gasteiger charge is 2.37. The van der Waals surface area contributed by atoms with Gasteiger partial charge in [-0.2, -0.15) is 0 Å². The number of rotatable bonds is 0. The summed E-state index contributed by atoms with van der Waals surface area (Å²) >= 11 is 0. The summed E-state index contributed by atoms with van der Waals surface area (Å²) < 4.78 is 11.8. The zero-order chi connectivity index (χ0) is 21.6. The summed E-state index contributed by atoms with van der Waals surface area (Å²) in [6.07, 6.45) is 3.53. The molecule has 0 bridgehead atoms. The van der Waals surface area contributed by atoms with E-state index in [1.54, 1.807) is 11.0 Å². The van der Waals surface area contributed by atoms with Crippen LogP contribution in [0.3, 0.4) is 0 Å². The largest absolute Gasteiger partial charge is 0.492 e. The van der Waals surface area contributed by atoms with Crippen molar-refractivity contribution in [3.05, 3.63) is 29.8 Å². The van der Waals surface area contributed by atoms with Gasteiger partial charge in [-0.3, -0.25) is 4.79 Å². The summed E-state index contributed by atoms with van der Waals surface area (Å²) in [5.74, 6) is 0.511. The van der Waals surface area contributed by atoms with Crippen LogP contribution in [0.5, 0.6) is 5.75 Å². The Bertz CT molecular complexity index is 736.